The maximum absolute atomic E-state index is 12.6. The number of aliphatic hydroxyl groups excluding tert-OH is 1. The number of hydrogen-bond acceptors (Lipinski definition) is 5. The highest BCUT2D eigenvalue weighted by molar-refractivity contribution is 5.83. The number of amides is 1. The molecule has 0 aromatic rings. The second-order valence-corrected chi connectivity index (χ2v) is 8.46. The molecule has 0 saturated carbocycles. The molecule has 1 heterocycles. The Morgan fingerprint density at radius 3 is 2.21 bits per heavy atom. The van der Waals surface area contributed by atoms with Crippen molar-refractivity contribution in [2.75, 3.05) is 13.2 Å². The third kappa shape index (κ3) is 5.96. The Balaban J connectivity index is 2.98. The Hall–Kier alpha value is -1.30. The summed E-state index contributed by atoms with van der Waals surface area (Å²) in [4.78, 5) is 26.4. The SMILES string of the molecule is CC(C)COC(=O)[C@@H]1[C@H](CC(C)C)[C@@H](O)CN1C(=O)OC(C)(C)C. The highest BCUT2D eigenvalue weighted by Gasteiger charge is 2.49. The number of nitrogens with zero attached hydrogens (tertiary/aromatic N) is 1. The molecule has 6 nitrogen and oxygen atoms in total. The van der Waals surface area contributed by atoms with Crippen LogP contribution >= 0.6 is 0 Å². The Morgan fingerprint density at radius 2 is 1.75 bits per heavy atom. The molecule has 1 rings (SSSR count). The lowest BCUT2D eigenvalue weighted by Crippen LogP contribution is -2.46. The molecular formula is C18H33NO5. The molecule has 1 aliphatic rings. The van der Waals surface area contributed by atoms with E-state index < -0.39 is 29.8 Å². The minimum absolute atomic E-state index is 0.0910. The molecule has 1 N–H and O–H groups in total. The summed E-state index contributed by atoms with van der Waals surface area (Å²) in [7, 11) is 0. The Bertz CT molecular complexity index is 441. The summed E-state index contributed by atoms with van der Waals surface area (Å²) in [6.07, 6.45) is -0.696. The summed E-state index contributed by atoms with van der Waals surface area (Å²) in [5.74, 6) is -0.295. The van der Waals surface area contributed by atoms with E-state index in [4.69, 9.17) is 9.47 Å². The normalized spacial score (nSPS) is 24.6. The van der Waals surface area contributed by atoms with Crippen molar-refractivity contribution in [3.8, 4) is 0 Å². The molecular weight excluding hydrogens is 310 g/mol. The number of carbonyl (C=O) groups excluding carboxylic acids is 2. The summed E-state index contributed by atoms with van der Waals surface area (Å²) in [6, 6.07) is -0.795. The minimum atomic E-state index is -0.795. The molecule has 140 valence electrons. The highest BCUT2D eigenvalue weighted by Crippen LogP contribution is 2.32. The molecule has 0 unspecified atom stereocenters. The van der Waals surface area contributed by atoms with Gasteiger partial charge in [-0.25, -0.2) is 9.59 Å². The Morgan fingerprint density at radius 1 is 1.17 bits per heavy atom. The van der Waals surface area contributed by atoms with Crippen LogP contribution in [0.5, 0.6) is 0 Å². The van der Waals surface area contributed by atoms with Crippen molar-refractivity contribution in [3.63, 3.8) is 0 Å². The summed E-state index contributed by atoms with van der Waals surface area (Å²) in [5, 5.41) is 10.4. The van der Waals surface area contributed by atoms with E-state index in [0.717, 1.165) is 0 Å². The van der Waals surface area contributed by atoms with Crippen molar-refractivity contribution in [1.82, 2.24) is 4.90 Å². The van der Waals surface area contributed by atoms with E-state index in [0.29, 0.717) is 18.9 Å². The van der Waals surface area contributed by atoms with Crippen molar-refractivity contribution in [1.29, 1.82) is 0 Å². The lowest BCUT2D eigenvalue weighted by molar-refractivity contribution is -0.151. The summed E-state index contributed by atoms with van der Waals surface area (Å²) < 4.78 is 10.8. The molecule has 0 bridgehead atoms. The van der Waals surface area contributed by atoms with Gasteiger partial charge < -0.3 is 14.6 Å². The van der Waals surface area contributed by atoms with Crippen molar-refractivity contribution < 1.29 is 24.2 Å². The maximum Gasteiger partial charge on any atom is 0.411 e. The molecule has 1 saturated heterocycles. The third-order valence-electron chi connectivity index (χ3n) is 3.79. The number of ether oxygens (including phenoxy) is 2. The van der Waals surface area contributed by atoms with Gasteiger partial charge in [-0.3, -0.25) is 4.90 Å². The highest BCUT2D eigenvalue weighted by atomic mass is 16.6. The van der Waals surface area contributed by atoms with Crippen LogP contribution in [0.1, 0.15) is 54.9 Å². The molecule has 0 aromatic carbocycles. The summed E-state index contributed by atoms with van der Waals surface area (Å²) in [6.45, 7) is 13.7. The second-order valence-electron chi connectivity index (χ2n) is 8.46. The molecule has 3 atom stereocenters. The van der Waals surface area contributed by atoms with E-state index in [-0.39, 0.29) is 18.4 Å². The standard InChI is InChI=1S/C18H33NO5/c1-11(2)8-13-14(20)9-19(17(22)24-18(5,6)7)15(13)16(21)23-10-12(3)4/h11-15,20H,8-10H2,1-7H3/t13-,14+,15+/m1/s1. The fraction of sp³-hybridized carbons (Fsp3) is 0.889. The van der Waals surface area contributed by atoms with E-state index in [2.05, 4.69) is 0 Å². The molecule has 0 spiro atoms. The third-order valence-corrected chi connectivity index (χ3v) is 3.79. The van der Waals surface area contributed by atoms with E-state index in [1.807, 2.05) is 27.7 Å². The monoisotopic (exact) mass is 343 g/mol. The Kier molecular flexibility index (Phi) is 7.08. The van der Waals surface area contributed by atoms with Gasteiger partial charge in [-0.15, -0.1) is 0 Å². The zero-order valence-corrected chi connectivity index (χ0v) is 16.0. The average molecular weight is 343 g/mol. The van der Waals surface area contributed by atoms with Gasteiger partial charge >= 0.3 is 12.1 Å². The number of likely N-dealkylation sites (tertiary alicyclic amines) is 1. The van der Waals surface area contributed by atoms with E-state index in [9.17, 15) is 14.7 Å². The van der Waals surface area contributed by atoms with Crippen LogP contribution in [-0.4, -0.2) is 53.0 Å². The molecule has 0 aliphatic carbocycles. The molecule has 0 aromatic heterocycles. The fourth-order valence-electron chi connectivity index (χ4n) is 2.87. The quantitative estimate of drug-likeness (QED) is 0.777. The van der Waals surface area contributed by atoms with E-state index in [1.54, 1.807) is 20.8 Å². The van der Waals surface area contributed by atoms with Gasteiger partial charge in [0.05, 0.1) is 19.3 Å². The number of esters is 1. The summed E-state index contributed by atoms with van der Waals surface area (Å²) in [5.41, 5.74) is -0.662. The molecule has 1 aliphatic heterocycles. The number of hydrogen-bond donors (Lipinski definition) is 1. The first kappa shape index (κ1) is 20.7. The number of rotatable bonds is 5. The zero-order valence-electron chi connectivity index (χ0n) is 16.0. The van der Waals surface area contributed by atoms with Gasteiger partial charge in [0, 0.05) is 5.92 Å². The van der Waals surface area contributed by atoms with Gasteiger partial charge in [-0.1, -0.05) is 27.7 Å². The van der Waals surface area contributed by atoms with Crippen LogP contribution in [0.2, 0.25) is 0 Å². The van der Waals surface area contributed by atoms with Gasteiger partial charge in [0.2, 0.25) is 0 Å². The smallest absolute Gasteiger partial charge is 0.411 e. The van der Waals surface area contributed by atoms with Crippen LogP contribution in [0, 0.1) is 17.8 Å². The number of aliphatic hydroxyl groups is 1. The van der Waals surface area contributed by atoms with Gasteiger partial charge in [-0.05, 0) is 39.0 Å². The zero-order chi connectivity index (χ0) is 18.7. The van der Waals surface area contributed by atoms with Crippen molar-refractivity contribution in [3.05, 3.63) is 0 Å². The molecule has 6 heteroatoms. The predicted molar refractivity (Wildman–Crippen MR) is 91.5 cm³/mol. The van der Waals surface area contributed by atoms with Crippen LogP contribution in [0.4, 0.5) is 4.79 Å². The molecule has 24 heavy (non-hydrogen) atoms. The first-order chi connectivity index (χ1) is 10.9. The maximum atomic E-state index is 12.6. The lowest BCUT2D eigenvalue weighted by atomic mass is 9.89. The van der Waals surface area contributed by atoms with Crippen LogP contribution in [0.15, 0.2) is 0 Å². The fourth-order valence-corrected chi connectivity index (χ4v) is 2.87. The molecule has 1 fully saturated rings. The van der Waals surface area contributed by atoms with Gasteiger partial charge in [0.15, 0.2) is 0 Å². The topological polar surface area (TPSA) is 76.1 Å². The van der Waals surface area contributed by atoms with E-state index in [1.165, 1.54) is 4.90 Å². The van der Waals surface area contributed by atoms with E-state index >= 15 is 0 Å². The first-order valence-electron chi connectivity index (χ1n) is 8.76. The van der Waals surface area contributed by atoms with Gasteiger partial charge in [-0.2, -0.15) is 0 Å². The van der Waals surface area contributed by atoms with Crippen LogP contribution in [0.3, 0.4) is 0 Å². The van der Waals surface area contributed by atoms with Crippen LogP contribution < -0.4 is 0 Å². The average Bonchev–Trinajstić information content (AvgIpc) is 2.71. The molecule has 0 radical (unpaired) electrons. The first-order valence-corrected chi connectivity index (χ1v) is 8.76. The van der Waals surface area contributed by atoms with Crippen molar-refractivity contribution >= 4 is 12.1 Å². The van der Waals surface area contributed by atoms with Crippen LogP contribution in [0.25, 0.3) is 0 Å². The number of β-amino-alcohol motifs (C(OH)–C–C–N with tert-alkyl or cyclic N) is 1. The van der Waals surface area contributed by atoms with Gasteiger partial charge in [0.25, 0.3) is 0 Å². The Labute approximate surface area is 145 Å². The van der Waals surface area contributed by atoms with Crippen molar-refractivity contribution in [2.45, 2.75) is 72.6 Å². The van der Waals surface area contributed by atoms with Gasteiger partial charge in [0.1, 0.15) is 11.6 Å². The molecule has 1 amide bonds. The second kappa shape index (κ2) is 8.19. The van der Waals surface area contributed by atoms with Crippen LogP contribution in [-0.2, 0) is 14.3 Å². The minimum Gasteiger partial charge on any atom is -0.464 e. The largest absolute Gasteiger partial charge is 0.464 e. The number of carbonyl (C=O) groups is 2. The lowest BCUT2D eigenvalue weighted by Gasteiger charge is -2.29. The van der Waals surface area contributed by atoms with Crippen molar-refractivity contribution in [2.24, 2.45) is 17.8 Å². The predicted octanol–water partition coefficient (Wildman–Crippen LogP) is 2.83. The summed E-state index contributed by atoms with van der Waals surface area (Å²) >= 11 is 0.